The van der Waals surface area contributed by atoms with E-state index in [2.05, 4.69) is 5.32 Å². The van der Waals surface area contributed by atoms with Crippen molar-refractivity contribution in [3.63, 3.8) is 0 Å². The highest BCUT2D eigenvalue weighted by Crippen LogP contribution is 2.35. The van der Waals surface area contributed by atoms with Crippen molar-refractivity contribution in [2.75, 3.05) is 30.3 Å². The first kappa shape index (κ1) is 31.8. The van der Waals surface area contributed by atoms with Crippen LogP contribution >= 0.6 is 23.2 Å². The van der Waals surface area contributed by atoms with Gasteiger partial charge >= 0.3 is 0 Å². The second kappa shape index (κ2) is 14.3. The van der Waals surface area contributed by atoms with Crippen molar-refractivity contribution in [3.05, 3.63) is 52.0 Å². The molecule has 3 rings (SSSR count). The monoisotopic (exact) mass is 613 g/mol. The fourth-order valence-electron chi connectivity index (χ4n) is 4.39. The molecule has 0 spiro atoms. The van der Waals surface area contributed by atoms with Crippen molar-refractivity contribution in [1.82, 2.24) is 10.2 Å². The second-order valence-corrected chi connectivity index (χ2v) is 12.5. The first-order valence-electron chi connectivity index (χ1n) is 13.4. The largest absolute Gasteiger partial charge is 0.486 e. The summed E-state index contributed by atoms with van der Waals surface area (Å²) in [4.78, 5) is 28.3. The summed E-state index contributed by atoms with van der Waals surface area (Å²) in [6, 6.07) is 9.29. The average Bonchev–Trinajstić information content (AvgIpc) is 2.91. The molecule has 2 unspecified atom stereocenters. The molecular formula is C28H37Cl2N3O6S. The standard InChI is InChI=1S/C28H37Cl2N3O6S/c1-5-19(3)31-28(35)24(6-2)32(18-20-9-11-22(29)23(30)16-20)27(34)8-7-13-33(40(4,36)37)21-10-12-25-26(17-21)39-15-14-38-25/h9-12,16-17,19,24H,5-8,13-15,18H2,1-4H3,(H,31,35). The summed E-state index contributed by atoms with van der Waals surface area (Å²) in [6.45, 7) is 6.76. The smallest absolute Gasteiger partial charge is 0.243 e. The van der Waals surface area contributed by atoms with Gasteiger partial charge in [0.05, 0.1) is 22.0 Å². The molecule has 2 amide bonds. The van der Waals surface area contributed by atoms with Crippen LogP contribution in [0.4, 0.5) is 5.69 Å². The van der Waals surface area contributed by atoms with E-state index in [1.807, 2.05) is 20.8 Å². The fraction of sp³-hybridized carbons (Fsp3) is 0.500. The van der Waals surface area contributed by atoms with Crippen molar-refractivity contribution in [3.8, 4) is 11.5 Å². The topological polar surface area (TPSA) is 105 Å². The van der Waals surface area contributed by atoms with Gasteiger partial charge < -0.3 is 19.7 Å². The predicted molar refractivity (Wildman–Crippen MR) is 158 cm³/mol. The zero-order chi connectivity index (χ0) is 29.4. The fourth-order valence-corrected chi connectivity index (χ4v) is 5.66. The lowest BCUT2D eigenvalue weighted by Gasteiger charge is -2.32. The van der Waals surface area contributed by atoms with Crippen LogP contribution < -0.4 is 19.1 Å². The molecule has 1 heterocycles. The van der Waals surface area contributed by atoms with Crippen LogP contribution in [0.15, 0.2) is 36.4 Å². The van der Waals surface area contributed by atoms with E-state index in [-0.39, 0.29) is 43.8 Å². The van der Waals surface area contributed by atoms with Crippen LogP contribution in [0.1, 0.15) is 52.0 Å². The highest BCUT2D eigenvalue weighted by atomic mass is 35.5. The van der Waals surface area contributed by atoms with E-state index in [0.717, 1.165) is 18.2 Å². The molecule has 0 fully saturated rings. The number of nitrogens with zero attached hydrogens (tertiary/aromatic N) is 2. The minimum Gasteiger partial charge on any atom is -0.486 e. The molecule has 1 N–H and O–H groups in total. The number of halogens is 2. The van der Waals surface area contributed by atoms with Gasteiger partial charge in [0.25, 0.3) is 0 Å². The summed E-state index contributed by atoms with van der Waals surface area (Å²) >= 11 is 12.3. The Bertz CT molecular complexity index is 1310. The van der Waals surface area contributed by atoms with Crippen LogP contribution in [-0.2, 0) is 26.2 Å². The Morgan fingerprint density at radius 1 is 1.00 bits per heavy atom. The third-order valence-corrected chi connectivity index (χ3v) is 8.62. The van der Waals surface area contributed by atoms with Crippen molar-refractivity contribution < 1.29 is 27.5 Å². The number of hydrogen-bond acceptors (Lipinski definition) is 6. The Balaban J connectivity index is 1.79. The third-order valence-electron chi connectivity index (χ3n) is 6.69. The van der Waals surface area contributed by atoms with E-state index >= 15 is 0 Å². The number of carbonyl (C=O) groups is 2. The lowest BCUT2D eigenvalue weighted by atomic mass is 10.1. The first-order valence-corrected chi connectivity index (χ1v) is 16.0. The predicted octanol–water partition coefficient (Wildman–Crippen LogP) is 5.03. The molecule has 0 saturated heterocycles. The quantitative estimate of drug-likeness (QED) is 0.339. The maximum Gasteiger partial charge on any atom is 0.243 e. The highest BCUT2D eigenvalue weighted by molar-refractivity contribution is 7.92. The Kier molecular flexibility index (Phi) is 11.4. The van der Waals surface area contributed by atoms with E-state index in [4.69, 9.17) is 32.7 Å². The number of carbonyl (C=O) groups excluding carboxylic acids is 2. The summed E-state index contributed by atoms with van der Waals surface area (Å²) in [6.07, 6.45) is 2.55. The lowest BCUT2D eigenvalue weighted by Crippen LogP contribution is -2.50. The molecule has 40 heavy (non-hydrogen) atoms. The summed E-state index contributed by atoms with van der Waals surface area (Å²) in [7, 11) is -3.65. The second-order valence-electron chi connectivity index (χ2n) is 9.78. The number of hydrogen-bond donors (Lipinski definition) is 1. The van der Waals surface area contributed by atoms with Gasteiger partial charge in [-0.15, -0.1) is 0 Å². The summed E-state index contributed by atoms with van der Waals surface area (Å²) in [5.74, 6) is 0.518. The first-order chi connectivity index (χ1) is 18.9. The Labute approximate surface area is 246 Å². The normalized spacial score (nSPS) is 14.2. The van der Waals surface area contributed by atoms with E-state index in [1.165, 1.54) is 9.21 Å². The van der Waals surface area contributed by atoms with Gasteiger partial charge in [0.1, 0.15) is 19.3 Å². The molecular weight excluding hydrogens is 577 g/mol. The molecule has 12 heteroatoms. The van der Waals surface area contributed by atoms with Gasteiger partial charge in [0.15, 0.2) is 11.5 Å². The average molecular weight is 615 g/mol. The Morgan fingerprint density at radius 2 is 1.70 bits per heavy atom. The number of anilines is 1. The number of nitrogens with one attached hydrogen (secondary N) is 1. The lowest BCUT2D eigenvalue weighted by molar-refractivity contribution is -0.141. The molecule has 0 saturated carbocycles. The van der Waals surface area contributed by atoms with Crippen molar-refractivity contribution in [2.24, 2.45) is 0 Å². The SMILES string of the molecule is CCC(C)NC(=O)C(CC)N(Cc1ccc(Cl)c(Cl)c1)C(=O)CCCN(c1ccc2c(c1)OCCO2)S(C)(=O)=O. The van der Waals surface area contributed by atoms with E-state index in [0.29, 0.717) is 46.9 Å². The minimum absolute atomic E-state index is 0.0327. The molecule has 2 aromatic rings. The van der Waals surface area contributed by atoms with Gasteiger partial charge in [0.2, 0.25) is 21.8 Å². The van der Waals surface area contributed by atoms with Crippen LogP contribution in [0.3, 0.4) is 0 Å². The van der Waals surface area contributed by atoms with Gasteiger partial charge in [0, 0.05) is 31.6 Å². The van der Waals surface area contributed by atoms with Crippen molar-refractivity contribution in [2.45, 2.75) is 65.1 Å². The maximum absolute atomic E-state index is 13.6. The number of amides is 2. The molecule has 2 aromatic carbocycles. The van der Waals surface area contributed by atoms with Gasteiger partial charge in [-0.3, -0.25) is 13.9 Å². The summed E-state index contributed by atoms with van der Waals surface area (Å²) in [5, 5.41) is 3.72. The van der Waals surface area contributed by atoms with Crippen LogP contribution in [0.2, 0.25) is 10.0 Å². The number of ether oxygens (including phenoxy) is 2. The van der Waals surface area contributed by atoms with Crippen molar-refractivity contribution in [1.29, 1.82) is 0 Å². The van der Waals surface area contributed by atoms with E-state index < -0.39 is 16.1 Å². The molecule has 220 valence electrons. The zero-order valence-electron chi connectivity index (χ0n) is 23.3. The van der Waals surface area contributed by atoms with Gasteiger partial charge in [-0.05, 0) is 56.0 Å². The van der Waals surface area contributed by atoms with Gasteiger partial charge in [-0.1, -0.05) is 43.1 Å². The van der Waals surface area contributed by atoms with Gasteiger partial charge in [-0.2, -0.15) is 0 Å². The Hall–Kier alpha value is -2.69. The molecule has 1 aliphatic heterocycles. The molecule has 0 aliphatic carbocycles. The minimum atomic E-state index is -3.65. The van der Waals surface area contributed by atoms with Crippen LogP contribution in [0, 0.1) is 0 Å². The Morgan fingerprint density at radius 3 is 2.33 bits per heavy atom. The zero-order valence-corrected chi connectivity index (χ0v) is 25.6. The van der Waals surface area contributed by atoms with Gasteiger partial charge in [-0.25, -0.2) is 8.42 Å². The number of fused-ring (bicyclic) bond motifs is 1. The van der Waals surface area contributed by atoms with Crippen molar-refractivity contribution >= 4 is 50.7 Å². The number of sulfonamides is 1. The molecule has 1 aliphatic rings. The molecule has 0 aromatic heterocycles. The van der Waals surface area contributed by atoms with Crippen LogP contribution in [0.25, 0.3) is 0 Å². The van der Waals surface area contributed by atoms with E-state index in [9.17, 15) is 18.0 Å². The maximum atomic E-state index is 13.6. The molecule has 0 radical (unpaired) electrons. The number of benzene rings is 2. The van der Waals surface area contributed by atoms with Crippen LogP contribution in [-0.4, -0.2) is 63.2 Å². The number of rotatable bonds is 13. The molecule has 9 nitrogen and oxygen atoms in total. The van der Waals surface area contributed by atoms with Crippen LogP contribution in [0.5, 0.6) is 11.5 Å². The molecule has 0 bridgehead atoms. The summed E-state index contributed by atoms with van der Waals surface area (Å²) < 4.78 is 37.7. The highest BCUT2D eigenvalue weighted by Gasteiger charge is 2.30. The molecule has 2 atom stereocenters. The summed E-state index contributed by atoms with van der Waals surface area (Å²) in [5.41, 5.74) is 1.15. The third kappa shape index (κ3) is 8.41. The van der Waals surface area contributed by atoms with E-state index in [1.54, 1.807) is 36.4 Å².